The number of nitrogens with two attached hydrogens (primary N) is 1. The number of amides is 6. The monoisotopic (exact) mass is 1620 g/mol. The lowest BCUT2D eigenvalue weighted by atomic mass is 10.1. The average molecular weight is 1620 g/mol. The van der Waals surface area contributed by atoms with E-state index in [9.17, 15) is 47.9 Å². The normalized spacial score (nSPS) is 11.0. The van der Waals surface area contributed by atoms with Gasteiger partial charge in [-0.25, -0.2) is 11.3 Å². The summed E-state index contributed by atoms with van der Waals surface area (Å²) in [7, 11) is 0. The molecule has 686 valence electrons. The Morgan fingerprint density at radius 1 is 0.354 bits per heavy atom. The Kier molecular flexibility index (Phi) is 188. The number of carbonyl (C=O) groups excluding carboxylic acids is 10. The zero-order valence-electron chi connectivity index (χ0n) is 81.0. The number of hydrogen-bond acceptors (Lipinski definition) is 14. The predicted molar refractivity (Wildman–Crippen MR) is 498 cm³/mol. The molecular weight excluding hydrogens is 1420 g/mol. The maximum absolute atomic E-state index is 11.8. The molecule has 0 bridgehead atoms. The van der Waals surface area contributed by atoms with Crippen LogP contribution in [0.2, 0.25) is 0 Å². The van der Waals surface area contributed by atoms with Crippen molar-refractivity contribution in [3.8, 4) is 0 Å². The van der Waals surface area contributed by atoms with Gasteiger partial charge in [0.2, 0.25) is 11.8 Å². The van der Waals surface area contributed by atoms with Gasteiger partial charge in [-0.1, -0.05) is 396 Å². The largest absolute Gasteiger partial charge is 0.381 e. The summed E-state index contributed by atoms with van der Waals surface area (Å²) in [6, 6.07) is 0. The van der Waals surface area contributed by atoms with E-state index in [4.69, 9.17) is 15.3 Å². The van der Waals surface area contributed by atoms with Crippen molar-refractivity contribution in [2.45, 2.75) is 467 Å². The molecule has 0 aromatic carbocycles. The molecule has 0 fully saturated rings. The quantitative estimate of drug-likeness (QED) is 0.0111. The minimum absolute atomic E-state index is 0. The van der Waals surface area contributed by atoms with Crippen LogP contribution in [0.15, 0.2) is 24.3 Å². The van der Waals surface area contributed by atoms with E-state index in [1.165, 1.54) is 166 Å². The van der Waals surface area contributed by atoms with Crippen LogP contribution in [0.25, 0.3) is 0 Å². The van der Waals surface area contributed by atoms with E-state index in [1.54, 1.807) is 0 Å². The summed E-state index contributed by atoms with van der Waals surface area (Å²) in [6.07, 6.45) is 44.8. The molecule has 0 saturated carbocycles. The number of Topliss-reactive ketones (excluding diaryl/α,β-unsaturated/α-hetero) is 2. The number of hydrogen-bond donors (Lipinski definition) is 4. The lowest BCUT2D eigenvalue weighted by Crippen LogP contribution is -2.40. The van der Waals surface area contributed by atoms with Crippen molar-refractivity contribution in [1.82, 2.24) is 26.1 Å². The van der Waals surface area contributed by atoms with Crippen molar-refractivity contribution in [3.05, 3.63) is 24.3 Å². The predicted octanol–water partition coefficient (Wildman–Crippen LogP) is 26.6. The van der Waals surface area contributed by atoms with Crippen molar-refractivity contribution in [1.29, 1.82) is 0 Å². The maximum Gasteiger partial charge on any atom is 0.253 e. The SMILES string of the molecule is C.CCC.CCC.CCC.CCC.CCC.CCC.CCC.CCC.CCCC(C)C.CCCC(C)C=O.CCCC(C)C=O.CCCC(C)CNNC(=O)CCOCCCC(=O)CCN1C(=O)C=CC1=O.CCCCC.CCCCC.CCCCC.CCCCC.NNC(=O)CCOCCCC(=O)CCN1C(=O)C=CC1=O. The average Bonchev–Trinajstić information content (AvgIpc) is 1.75. The van der Waals surface area contributed by atoms with Gasteiger partial charge in [0.15, 0.2) is 0 Å². The fraction of sp³-hybridized carbons (Fsp3) is 0.853. The molecule has 18 nitrogen and oxygen atoms in total. The van der Waals surface area contributed by atoms with Gasteiger partial charge in [0, 0.05) is 94.7 Å². The number of ketones is 2. The molecule has 6 amide bonds. The van der Waals surface area contributed by atoms with Crippen LogP contribution in [-0.2, 0) is 57.4 Å². The Morgan fingerprint density at radius 3 is 0.788 bits per heavy atom. The summed E-state index contributed by atoms with van der Waals surface area (Å²) in [5, 5.41) is 0. The molecule has 2 aliphatic rings. The Balaban J connectivity index is -0.0000000690. The molecule has 18 heteroatoms. The van der Waals surface area contributed by atoms with Gasteiger partial charge in [0.1, 0.15) is 24.1 Å². The highest BCUT2D eigenvalue weighted by Gasteiger charge is 2.24. The molecule has 3 atom stereocenters. The Labute approximate surface area is 706 Å². The van der Waals surface area contributed by atoms with Crippen LogP contribution >= 0.6 is 0 Å². The molecule has 0 aromatic heterocycles. The molecule has 0 aliphatic carbocycles. The van der Waals surface area contributed by atoms with Gasteiger partial charge in [0.25, 0.3) is 23.6 Å². The molecule has 5 N–H and O–H groups in total. The summed E-state index contributed by atoms with van der Waals surface area (Å²) < 4.78 is 10.5. The van der Waals surface area contributed by atoms with Crippen LogP contribution in [0, 0.1) is 23.7 Å². The fourth-order valence-corrected chi connectivity index (χ4v) is 7.39. The number of unbranched alkanes of at least 4 members (excludes halogenated alkanes) is 8. The van der Waals surface area contributed by atoms with Crippen LogP contribution in [0.1, 0.15) is 467 Å². The number of nitrogens with one attached hydrogen (secondary N) is 3. The summed E-state index contributed by atoms with van der Waals surface area (Å²) in [5.41, 5.74) is 7.55. The van der Waals surface area contributed by atoms with Gasteiger partial charge in [0.05, 0.1) is 26.1 Å². The van der Waals surface area contributed by atoms with Gasteiger partial charge in [-0.3, -0.25) is 59.0 Å². The smallest absolute Gasteiger partial charge is 0.253 e. The van der Waals surface area contributed by atoms with Crippen LogP contribution in [0.4, 0.5) is 0 Å². The summed E-state index contributed by atoms with van der Waals surface area (Å²) in [5.74, 6) is 4.87. The minimum Gasteiger partial charge on any atom is -0.381 e. The van der Waals surface area contributed by atoms with Gasteiger partial charge < -0.3 is 19.1 Å². The highest BCUT2D eigenvalue weighted by atomic mass is 16.5. The van der Waals surface area contributed by atoms with E-state index < -0.39 is 0 Å². The second kappa shape index (κ2) is 145. The fourth-order valence-electron chi connectivity index (χ4n) is 7.39. The minimum atomic E-state index is -0.380. The van der Waals surface area contributed by atoms with E-state index in [0.29, 0.717) is 51.4 Å². The van der Waals surface area contributed by atoms with E-state index in [0.717, 1.165) is 73.4 Å². The van der Waals surface area contributed by atoms with Gasteiger partial charge in [-0.2, -0.15) is 0 Å². The van der Waals surface area contributed by atoms with E-state index in [2.05, 4.69) is 225 Å². The molecule has 113 heavy (non-hydrogen) atoms. The molecular formula is C95H204N6O12. The van der Waals surface area contributed by atoms with Crippen LogP contribution in [0.3, 0.4) is 0 Å². The number of aldehydes is 2. The topological polar surface area (TPSA) is 258 Å². The first kappa shape index (κ1) is 146. The lowest BCUT2D eigenvalue weighted by Gasteiger charge is -2.13. The van der Waals surface area contributed by atoms with Crippen molar-refractivity contribution < 1.29 is 57.4 Å². The first-order valence-corrected chi connectivity index (χ1v) is 45.5. The third-order valence-corrected chi connectivity index (χ3v) is 12.7. The van der Waals surface area contributed by atoms with Crippen LogP contribution in [0.5, 0.6) is 0 Å². The van der Waals surface area contributed by atoms with Crippen molar-refractivity contribution >= 4 is 59.6 Å². The number of nitrogens with zero attached hydrogens (tertiary/aromatic N) is 2. The first-order chi connectivity index (χ1) is 53.3. The second-order valence-electron chi connectivity index (χ2n) is 28.3. The molecule has 0 radical (unpaired) electrons. The summed E-state index contributed by atoms with van der Waals surface area (Å²) >= 11 is 0. The molecule has 3 unspecified atom stereocenters. The van der Waals surface area contributed by atoms with Crippen LogP contribution < -0.4 is 22.1 Å². The van der Waals surface area contributed by atoms with Crippen LogP contribution in [-0.4, -0.2) is 115 Å². The molecule has 2 heterocycles. The number of carbonyl (C=O) groups is 10. The van der Waals surface area contributed by atoms with Crippen molar-refractivity contribution in [2.24, 2.45) is 29.5 Å². The van der Waals surface area contributed by atoms with Gasteiger partial charge in [-0.05, 0) is 43.9 Å². The lowest BCUT2D eigenvalue weighted by molar-refractivity contribution is -0.139. The number of ether oxygens (including phenoxy) is 2. The van der Waals surface area contributed by atoms with Crippen molar-refractivity contribution in [3.63, 3.8) is 0 Å². The van der Waals surface area contributed by atoms with E-state index in [-0.39, 0.29) is 112 Å². The van der Waals surface area contributed by atoms with Crippen molar-refractivity contribution in [2.75, 3.05) is 46.1 Å². The first-order valence-electron chi connectivity index (χ1n) is 45.5. The summed E-state index contributed by atoms with van der Waals surface area (Å²) in [4.78, 5) is 113. The second-order valence-corrected chi connectivity index (χ2v) is 28.3. The zero-order valence-corrected chi connectivity index (χ0v) is 81.0. The Bertz CT molecular complexity index is 1760. The maximum atomic E-state index is 11.8. The molecule has 0 aromatic rings. The number of rotatable bonds is 41. The molecule has 0 saturated heterocycles. The van der Waals surface area contributed by atoms with Gasteiger partial charge in [-0.15, -0.1) is 0 Å². The third-order valence-electron chi connectivity index (χ3n) is 12.7. The summed E-state index contributed by atoms with van der Waals surface area (Å²) in [6.45, 7) is 73.0. The highest BCUT2D eigenvalue weighted by molar-refractivity contribution is 6.13. The standard InChI is InChI=1S/C19H31N3O5.C13H19N3O5.2C6H12O.C6H14.4C5H12.8C3H8.CH4/c1-3-5-15(2)14-20-21-17(24)10-13-27-12-4-6-16(23)9-11-22-18(25)7-8-19(22)26;14-15-11(18)6-9-21-8-1-2-10(17)5-7-16-12(19)3-4-13(16)20;2*1-3-4-6(2)5-7;1-4-5-6(2)3;4*1-3-5-4-2;8*1-3-2;/h7-8,15,20H,3-6,9-14H2,1-2H3,(H,21,24);3-4H,1-2,5-9,14H2,(H,15,18);2*5-6H,3-4H2,1-2H3;6H,4-5H2,1-3H3;4*3-5H2,1-2H3;8*3H2,1-2H3;1H4. The van der Waals surface area contributed by atoms with E-state index >= 15 is 0 Å². The molecule has 0 spiro atoms. The zero-order chi connectivity index (χ0) is 90.3. The number of imide groups is 2. The third kappa shape index (κ3) is 180. The number of hydrazine groups is 2. The highest BCUT2D eigenvalue weighted by Crippen LogP contribution is 2.09. The molecule has 2 rings (SSSR count). The van der Waals surface area contributed by atoms with E-state index in [1.807, 2.05) is 19.3 Å². The van der Waals surface area contributed by atoms with Gasteiger partial charge >= 0.3 is 0 Å². The Morgan fingerprint density at radius 2 is 0.602 bits per heavy atom. The Hall–Kier alpha value is -4.78. The molecule has 2 aliphatic heterocycles.